The summed E-state index contributed by atoms with van der Waals surface area (Å²) in [6, 6.07) is 7.97. The summed E-state index contributed by atoms with van der Waals surface area (Å²) in [7, 11) is -3.68. The lowest BCUT2D eigenvalue weighted by atomic mass is 10.2. The highest BCUT2D eigenvalue weighted by atomic mass is 32.2. The Labute approximate surface area is 117 Å². The Morgan fingerprint density at radius 1 is 1.25 bits per heavy atom. The number of benzene rings is 1. The summed E-state index contributed by atoms with van der Waals surface area (Å²) >= 11 is 0. The number of aromatic nitrogens is 2. The minimum Gasteiger partial charge on any atom is -0.392 e. The van der Waals surface area contributed by atoms with Gasteiger partial charge < -0.3 is 5.11 Å². The first-order chi connectivity index (χ1) is 9.53. The first-order valence-corrected chi connectivity index (χ1v) is 7.48. The van der Waals surface area contributed by atoms with Crippen molar-refractivity contribution in [2.45, 2.75) is 25.0 Å². The summed E-state index contributed by atoms with van der Waals surface area (Å²) in [5.41, 5.74) is 0.946. The molecule has 0 unspecified atom stereocenters. The number of aliphatic hydroxyl groups excluding tert-OH is 1. The van der Waals surface area contributed by atoms with Crippen LogP contribution in [0.15, 0.2) is 41.4 Å². The van der Waals surface area contributed by atoms with E-state index in [1.807, 2.05) is 0 Å². The quantitative estimate of drug-likeness (QED) is 0.849. The van der Waals surface area contributed by atoms with Crippen LogP contribution in [-0.2, 0) is 23.2 Å². The summed E-state index contributed by atoms with van der Waals surface area (Å²) in [5, 5.41) is 9.19. The Balaban J connectivity index is 2.19. The molecular weight excluding hydrogens is 278 g/mol. The van der Waals surface area contributed by atoms with Crippen molar-refractivity contribution in [1.29, 1.82) is 0 Å². The molecule has 7 heteroatoms. The molecule has 6 nitrogen and oxygen atoms in total. The second-order valence-corrected chi connectivity index (χ2v) is 5.92. The molecule has 0 saturated heterocycles. The van der Waals surface area contributed by atoms with Crippen LogP contribution in [0.2, 0.25) is 0 Å². The zero-order chi connectivity index (χ0) is 14.6. The molecule has 0 atom stereocenters. The lowest BCUT2D eigenvalue weighted by molar-refractivity contribution is 0.278. The number of aryl methyl sites for hydroxylation is 1. The van der Waals surface area contributed by atoms with Gasteiger partial charge >= 0.3 is 0 Å². The maximum Gasteiger partial charge on any atom is 0.241 e. The van der Waals surface area contributed by atoms with Crippen molar-refractivity contribution in [2.75, 3.05) is 0 Å². The molecule has 0 spiro atoms. The van der Waals surface area contributed by atoms with E-state index in [4.69, 9.17) is 0 Å². The van der Waals surface area contributed by atoms with Gasteiger partial charge in [0.1, 0.15) is 5.82 Å². The van der Waals surface area contributed by atoms with Gasteiger partial charge in [0, 0.05) is 6.20 Å². The molecule has 106 valence electrons. The van der Waals surface area contributed by atoms with Gasteiger partial charge in [0.15, 0.2) is 0 Å². The Morgan fingerprint density at radius 3 is 2.70 bits per heavy atom. The molecular formula is C13H15N3O3S. The van der Waals surface area contributed by atoms with E-state index in [9.17, 15) is 13.5 Å². The predicted molar refractivity (Wildman–Crippen MR) is 73.2 cm³/mol. The lowest BCUT2D eigenvalue weighted by Crippen LogP contribution is -2.25. The first-order valence-electron chi connectivity index (χ1n) is 6.00. The molecule has 0 fully saturated rings. The molecule has 2 rings (SSSR count). The highest BCUT2D eigenvalue weighted by Crippen LogP contribution is 2.15. The first kappa shape index (κ1) is 14.6. The van der Waals surface area contributed by atoms with Crippen molar-refractivity contribution in [2.24, 2.45) is 0 Å². The Morgan fingerprint density at radius 2 is 2.00 bits per heavy atom. The van der Waals surface area contributed by atoms with E-state index < -0.39 is 10.0 Å². The summed E-state index contributed by atoms with van der Waals surface area (Å²) < 4.78 is 26.9. The van der Waals surface area contributed by atoms with Crippen LogP contribution >= 0.6 is 0 Å². The third-order valence-corrected chi connectivity index (χ3v) is 4.21. The number of aliphatic hydroxyl groups is 1. The molecule has 2 N–H and O–H groups in total. The van der Waals surface area contributed by atoms with Crippen LogP contribution in [0.1, 0.15) is 17.1 Å². The predicted octanol–water partition coefficient (Wildman–Crippen LogP) is 0.756. The Kier molecular flexibility index (Phi) is 4.43. The molecule has 0 aliphatic carbocycles. The summed E-state index contributed by atoms with van der Waals surface area (Å²) in [4.78, 5) is 8.15. The van der Waals surface area contributed by atoms with Gasteiger partial charge in [-0.15, -0.1) is 0 Å². The number of rotatable bonds is 5. The number of hydrogen-bond donors (Lipinski definition) is 2. The highest BCUT2D eigenvalue weighted by Gasteiger charge is 2.17. The van der Waals surface area contributed by atoms with Crippen molar-refractivity contribution < 1.29 is 13.5 Å². The van der Waals surface area contributed by atoms with Gasteiger partial charge in [0.2, 0.25) is 10.0 Å². The van der Waals surface area contributed by atoms with Crippen LogP contribution in [-0.4, -0.2) is 23.5 Å². The van der Waals surface area contributed by atoms with Crippen LogP contribution in [0.25, 0.3) is 0 Å². The standard InChI is InChI=1S/C13H15N3O3S/c1-10-14-7-6-12(16-10)8-15-20(18,19)13-5-3-2-4-11(13)9-17/h2-7,15,17H,8-9H2,1H3. The molecule has 2 aromatic rings. The fraction of sp³-hybridized carbons (Fsp3) is 0.231. The second kappa shape index (κ2) is 6.08. The van der Waals surface area contributed by atoms with Crippen LogP contribution in [0, 0.1) is 6.92 Å². The molecule has 0 amide bonds. The van der Waals surface area contributed by atoms with Crippen molar-refractivity contribution in [3.63, 3.8) is 0 Å². The SMILES string of the molecule is Cc1nccc(CNS(=O)(=O)c2ccccc2CO)n1. The summed E-state index contributed by atoms with van der Waals surface area (Å²) in [6.45, 7) is 1.48. The van der Waals surface area contributed by atoms with Gasteiger partial charge in [-0.25, -0.2) is 23.1 Å². The average Bonchev–Trinajstić information content (AvgIpc) is 2.45. The van der Waals surface area contributed by atoms with E-state index in [2.05, 4.69) is 14.7 Å². The third-order valence-electron chi connectivity index (χ3n) is 2.71. The van der Waals surface area contributed by atoms with Crippen LogP contribution in [0.4, 0.5) is 0 Å². The van der Waals surface area contributed by atoms with E-state index in [-0.39, 0.29) is 18.0 Å². The molecule has 1 aromatic heterocycles. The average molecular weight is 293 g/mol. The monoisotopic (exact) mass is 293 g/mol. The van der Waals surface area contributed by atoms with Gasteiger partial charge in [-0.1, -0.05) is 18.2 Å². The fourth-order valence-corrected chi connectivity index (χ4v) is 2.98. The van der Waals surface area contributed by atoms with Crippen LogP contribution in [0.3, 0.4) is 0 Å². The molecule has 0 aliphatic heterocycles. The number of sulfonamides is 1. The number of hydrogen-bond acceptors (Lipinski definition) is 5. The van der Waals surface area contributed by atoms with E-state index in [1.54, 1.807) is 37.4 Å². The molecule has 20 heavy (non-hydrogen) atoms. The van der Waals surface area contributed by atoms with Crippen molar-refractivity contribution in [1.82, 2.24) is 14.7 Å². The minimum atomic E-state index is -3.68. The zero-order valence-electron chi connectivity index (χ0n) is 10.9. The number of nitrogens with zero attached hydrogens (tertiary/aromatic N) is 2. The Bertz CT molecular complexity index is 702. The topological polar surface area (TPSA) is 92.2 Å². The largest absolute Gasteiger partial charge is 0.392 e. The van der Waals surface area contributed by atoms with Crippen molar-refractivity contribution in [3.8, 4) is 0 Å². The molecule has 0 aliphatic rings. The zero-order valence-corrected chi connectivity index (χ0v) is 11.8. The van der Waals surface area contributed by atoms with E-state index in [1.165, 1.54) is 6.07 Å². The van der Waals surface area contributed by atoms with Crippen molar-refractivity contribution >= 4 is 10.0 Å². The summed E-state index contributed by atoms with van der Waals surface area (Å²) in [6.07, 6.45) is 1.58. The summed E-state index contributed by atoms with van der Waals surface area (Å²) in [5.74, 6) is 0.581. The highest BCUT2D eigenvalue weighted by molar-refractivity contribution is 7.89. The molecule has 1 heterocycles. The molecule has 1 aromatic carbocycles. The molecule has 0 radical (unpaired) electrons. The fourth-order valence-electron chi connectivity index (χ4n) is 1.75. The Hall–Kier alpha value is -1.83. The van der Waals surface area contributed by atoms with Gasteiger partial charge in [-0.05, 0) is 24.6 Å². The van der Waals surface area contributed by atoms with Crippen molar-refractivity contribution in [3.05, 3.63) is 53.6 Å². The third kappa shape index (κ3) is 3.38. The van der Waals surface area contributed by atoms with Gasteiger partial charge in [-0.3, -0.25) is 0 Å². The van der Waals surface area contributed by atoms with E-state index in [0.717, 1.165) is 0 Å². The molecule has 0 bridgehead atoms. The maximum atomic E-state index is 12.2. The van der Waals surface area contributed by atoms with Crippen LogP contribution in [0.5, 0.6) is 0 Å². The lowest BCUT2D eigenvalue weighted by Gasteiger charge is -2.09. The maximum absolute atomic E-state index is 12.2. The van der Waals surface area contributed by atoms with Crippen LogP contribution < -0.4 is 4.72 Å². The smallest absolute Gasteiger partial charge is 0.241 e. The van der Waals surface area contributed by atoms with Gasteiger partial charge in [0.05, 0.1) is 23.7 Å². The normalized spacial score (nSPS) is 11.5. The minimum absolute atomic E-state index is 0.0749. The van der Waals surface area contributed by atoms with E-state index >= 15 is 0 Å². The number of nitrogens with one attached hydrogen (secondary N) is 1. The van der Waals surface area contributed by atoms with Gasteiger partial charge in [-0.2, -0.15) is 0 Å². The van der Waals surface area contributed by atoms with E-state index in [0.29, 0.717) is 17.1 Å². The second-order valence-electron chi connectivity index (χ2n) is 4.19. The van der Waals surface area contributed by atoms with Gasteiger partial charge in [0.25, 0.3) is 0 Å². The molecule has 0 saturated carbocycles.